The molecule has 3 aromatic rings. The van der Waals surface area contributed by atoms with Gasteiger partial charge in [0.05, 0.1) is 11.7 Å². The molecule has 0 saturated carbocycles. The third kappa shape index (κ3) is 5.51. The number of amides is 1. The lowest BCUT2D eigenvalue weighted by molar-refractivity contribution is -0.117. The van der Waals surface area contributed by atoms with Crippen molar-refractivity contribution in [2.75, 3.05) is 0 Å². The molecule has 0 radical (unpaired) electrons. The number of aryl methyl sites for hydroxylation is 1. The first kappa shape index (κ1) is 23.4. The Bertz CT molecular complexity index is 1150. The molecule has 1 atom stereocenters. The molecule has 7 heteroatoms. The van der Waals surface area contributed by atoms with Gasteiger partial charge in [0.1, 0.15) is 16.6 Å². The van der Waals surface area contributed by atoms with E-state index in [1.54, 1.807) is 18.5 Å². The molecule has 3 rings (SSSR count). The summed E-state index contributed by atoms with van der Waals surface area (Å²) in [6, 6.07) is 7.59. The maximum absolute atomic E-state index is 12.8. The van der Waals surface area contributed by atoms with Gasteiger partial charge in [-0.05, 0) is 62.9 Å². The van der Waals surface area contributed by atoms with Crippen LogP contribution in [0.15, 0.2) is 41.5 Å². The quantitative estimate of drug-likeness (QED) is 0.367. The zero-order valence-electron chi connectivity index (χ0n) is 19.2. The standard InChI is InChI=1S/C25H29N5OS/c1-16(2)8-10-30-17(3)11-21(19(30)5)12-22(13-26)24(31)28-18(4)25-29-23(15-32-25)20-7-6-9-27-14-20/h6-7,9,11-12,14-16,18H,8,10H2,1-5H3,(H,28,31)/b22-12-. The van der Waals surface area contributed by atoms with Crippen molar-refractivity contribution in [3.8, 4) is 17.3 Å². The van der Waals surface area contributed by atoms with E-state index in [0.29, 0.717) is 5.92 Å². The maximum atomic E-state index is 12.8. The van der Waals surface area contributed by atoms with Gasteiger partial charge in [0.25, 0.3) is 5.91 Å². The van der Waals surface area contributed by atoms with E-state index in [0.717, 1.165) is 46.2 Å². The van der Waals surface area contributed by atoms with Gasteiger partial charge in [0.2, 0.25) is 0 Å². The number of nitrogens with zero attached hydrogens (tertiary/aromatic N) is 4. The van der Waals surface area contributed by atoms with Crippen LogP contribution >= 0.6 is 11.3 Å². The Morgan fingerprint density at radius 1 is 1.34 bits per heavy atom. The monoisotopic (exact) mass is 447 g/mol. The van der Waals surface area contributed by atoms with Crippen LogP contribution in [0.5, 0.6) is 0 Å². The highest BCUT2D eigenvalue weighted by molar-refractivity contribution is 7.10. The average Bonchev–Trinajstić information content (AvgIpc) is 3.36. The minimum absolute atomic E-state index is 0.0880. The fourth-order valence-corrected chi connectivity index (χ4v) is 4.31. The van der Waals surface area contributed by atoms with Crippen molar-refractivity contribution in [2.45, 2.75) is 53.6 Å². The third-order valence-corrected chi connectivity index (χ3v) is 6.43. The minimum Gasteiger partial charge on any atom is -0.349 e. The van der Waals surface area contributed by atoms with E-state index < -0.39 is 5.91 Å². The van der Waals surface area contributed by atoms with Crippen molar-refractivity contribution in [3.05, 3.63) is 63.5 Å². The smallest absolute Gasteiger partial charge is 0.262 e. The number of carbonyl (C=O) groups excluding carboxylic acids is 1. The van der Waals surface area contributed by atoms with Gasteiger partial charge in [0.15, 0.2) is 0 Å². The Labute approximate surface area is 193 Å². The molecule has 0 saturated heterocycles. The highest BCUT2D eigenvalue weighted by Crippen LogP contribution is 2.25. The Balaban J connectivity index is 1.74. The lowest BCUT2D eigenvalue weighted by atomic mass is 10.1. The van der Waals surface area contributed by atoms with Gasteiger partial charge in [0, 0.05) is 41.3 Å². The summed E-state index contributed by atoms with van der Waals surface area (Å²) in [5.74, 6) is 0.215. The summed E-state index contributed by atoms with van der Waals surface area (Å²) in [4.78, 5) is 21.6. The van der Waals surface area contributed by atoms with Gasteiger partial charge in [-0.3, -0.25) is 9.78 Å². The number of nitrogens with one attached hydrogen (secondary N) is 1. The molecule has 0 aliphatic carbocycles. The molecule has 0 spiro atoms. The van der Waals surface area contributed by atoms with Crippen molar-refractivity contribution >= 4 is 23.3 Å². The van der Waals surface area contributed by atoms with Crippen LogP contribution in [-0.2, 0) is 11.3 Å². The molecular weight excluding hydrogens is 418 g/mol. The van der Waals surface area contributed by atoms with E-state index in [9.17, 15) is 10.1 Å². The first-order valence-electron chi connectivity index (χ1n) is 10.7. The summed E-state index contributed by atoms with van der Waals surface area (Å²) in [7, 11) is 0. The van der Waals surface area contributed by atoms with Crippen LogP contribution in [0.3, 0.4) is 0 Å². The molecule has 0 aliphatic rings. The predicted octanol–water partition coefficient (Wildman–Crippen LogP) is 5.45. The molecule has 0 aliphatic heterocycles. The number of carbonyl (C=O) groups is 1. The van der Waals surface area contributed by atoms with Gasteiger partial charge in [-0.15, -0.1) is 11.3 Å². The summed E-state index contributed by atoms with van der Waals surface area (Å²) in [5, 5.41) is 15.3. The number of hydrogen-bond donors (Lipinski definition) is 1. The Hall–Kier alpha value is -3.24. The number of aromatic nitrogens is 3. The fraction of sp³-hybridized carbons (Fsp3) is 0.360. The number of rotatable bonds is 8. The van der Waals surface area contributed by atoms with Crippen LogP contribution < -0.4 is 5.32 Å². The number of hydrogen-bond acceptors (Lipinski definition) is 5. The summed E-state index contributed by atoms with van der Waals surface area (Å²) >= 11 is 1.47. The van der Waals surface area contributed by atoms with E-state index >= 15 is 0 Å². The summed E-state index contributed by atoms with van der Waals surface area (Å²) in [5.41, 5.74) is 4.94. The normalized spacial score (nSPS) is 12.6. The van der Waals surface area contributed by atoms with Crippen LogP contribution in [0.4, 0.5) is 0 Å². The highest BCUT2D eigenvalue weighted by atomic mass is 32.1. The van der Waals surface area contributed by atoms with E-state index in [1.165, 1.54) is 11.3 Å². The maximum Gasteiger partial charge on any atom is 0.262 e. The molecule has 1 N–H and O–H groups in total. The molecule has 0 aromatic carbocycles. The SMILES string of the molecule is Cc1cc(/C=C(/C#N)C(=O)NC(C)c2nc(-c3cccnc3)cs2)c(C)n1CCC(C)C. The predicted molar refractivity (Wildman–Crippen MR) is 129 cm³/mol. The van der Waals surface area contributed by atoms with Gasteiger partial charge >= 0.3 is 0 Å². The van der Waals surface area contributed by atoms with Crippen molar-refractivity contribution in [1.29, 1.82) is 5.26 Å². The second-order valence-corrected chi connectivity index (χ2v) is 9.23. The second-order valence-electron chi connectivity index (χ2n) is 8.34. The topological polar surface area (TPSA) is 83.6 Å². The zero-order valence-corrected chi connectivity index (χ0v) is 20.0. The lowest BCUT2D eigenvalue weighted by Crippen LogP contribution is -2.27. The summed E-state index contributed by atoms with van der Waals surface area (Å²) < 4.78 is 2.25. The van der Waals surface area contributed by atoms with Gasteiger partial charge in [-0.2, -0.15) is 5.26 Å². The van der Waals surface area contributed by atoms with E-state index in [2.05, 4.69) is 46.7 Å². The highest BCUT2D eigenvalue weighted by Gasteiger charge is 2.18. The first-order valence-corrected chi connectivity index (χ1v) is 11.6. The molecule has 0 fully saturated rings. The van der Waals surface area contributed by atoms with Crippen molar-refractivity contribution in [3.63, 3.8) is 0 Å². The van der Waals surface area contributed by atoms with E-state index in [-0.39, 0.29) is 11.6 Å². The summed E-state index contributed by atoms with van der Waals surface area (Å²) in [6.45, 7) is 11.3. The Kier molecular flexibility index (Phi) is 7.60. The molecule has 3 aromatic heterocycles. The van der Waals surface area contributed by atoms with E-state index in [4.69, 9.17) is 0 Å². The third-order valence-electron chi connectivity index (χ3n) is 5.41. The molecule has 166 valence electrons. The van der Waals surface area contributed by atoms with Crippen molar-refractivity contribution in [1.82, 2.24) is 19.9 Å². The molecule has 6 nitrogen and oxygen atoms in total. The zero-order chi connectivity index (χ0) is 23.3. The average molecular weight is 448 g/mol. The van der Waals surface area contributed by atoms with Crippen LogP contribution in [0.1, 0.15) is 55.2 Å². The second kappa shape index (κ2) is 10.4. The first-order chi connectivity index (χ1) is 15.3. The molecule has 1 unspecified atom stereocenters. The Morgan fingerprint density at radius 2 is 2.12 bits per heavy atom. The van der Waals surface area contributed by atoms with Gasteiger partial charge in [-0.1, -0.05) is 13.8 Å². The Morgan fingerprint density at radius 3 is 2.78 bits per heavy atom. The van der Waals surface area contributed by atoms with Crippen molar-refractivity contribution in [2.24, 2.45) is 5.92 Å². The van der Waals surface area contributed by atoms with Crippen LogP contribution in [-0.4, -0.2) is 20.4 Å². The number of pyridine rings is 1. The summed E-state index contributed by atoms with van der Waals surface area (Å²) in [6.07, 6.45) is 6.24. The van der Waals surface area contributed by atoms with E-state index in [1.807, 2.05) is 37.4 Å². The fourth-order valence-electron chi connectivity index (χ4n) is 3.48. The molecule has 1 amide bonds. The molecular formula is C25H29N5OS. The molecule has 0 bridgehead atoms. The number of thiazole rings is 1. The lowest BCUT2D eigenvalue weighted by Gasteiger charge is -2.12. The van der Waals surface area contributed by atoms with Crippen molar-refractivity contribution < 1.29 is 4.79 Å². The largest absolute Gasteiger partial charge is 0.349 e. The van der Waals surface area contributed by atoms with Crippen LogP contribution in [0, 0.1) is 31.1 Å². The van der Waals surface area contributed by atoms with Gasteiger partial charge < -0.3 is 9.88 Å². The van der Waals surface area contributed by atoms with Crippen LogP contribution in [0.2, 0.25) is 0 Å². The van der Waals surface area contributed by atoms with Crippen LogP contribution in [0.25, 0.3) is 17.3 Å². The molecule has 3 heterocycles. The number of nitriles is 1. The van der Waals surface area contributed by atoms with Gasteiger partial charge in [-0.25, -0.2) is 4.98 Å². The minimum atomic E-state index is -0.398. The molecule has 32 heavy (non-hydrogen) atoms.